The summed E-state index contributed by atoms with van der Waals surface area (Å²) in [5.41, 5.74) is 4.62. The highest BCUT2D eigenvalue weighted by molar-refractivity contribution is 4.91. The van der Waals surface area contributed by atoms with Crippen molar-refractivity contribution in [3.05, 3.63) is 0 Å². The van der Waals surface area contributed by atoms with Gasteiger partial charge in [-0.25, -0.2) is 8.78 Å². The summed E-state index contributed by atoms with van der Waals surface area (Å²) in [5.74, 6) is 0. The topological polar surface area (TPSA) is 38.5 Å². The summed E-state index contributed by atoms with van der Waals surface area (Å²) >= 11 is 0. The molecule has 0 aromatic heterocycles. The molecule has 2 heterocycles. The Morgan fingerprint density at radius 2 is 1.82 bits per heavy atom. The fraction of sp³-hybridized carbons (Fsp3) is 1.00. The van der Waals surface area contributed by atoms with Crippen molar-refractivity contribution in [2.75, 3.05) is 32.8 Å². The van der Waals surface area contributed by atoms with Crippen molar-refractivity contribution >= 4 is 0 Å². The molecule has 0 aliphatic carbocycles. The molecule has 0 aromatic carbocycles. The van der Waals surface area contributed by atoms with Gasteiger partial charge in [-0.05, 0) is 38.8 Å². The van der Waals surface area contributed by atoms with Crippen molar-refractivity contribution in [2.45, 2.75) is 38.2 Å². The molecule has 2 saturated heterocycles. The molecule has 0 atom stereocenters. The first kappa shape index (κ1) is 13.2. The van der Waals surface area contributed by atoms with E-state index in [2.05, 4.69) is 4.90 Å². The average Bonchev–Trinajstić information content (AvgIpc) is 2.39. The minimum Gasteiger partial charge on any atom is -0.381 e. The molecule has 0 amide bonds. The van der Waals surface area contributed by atoms with Crippen molar-refractivity contribution in [1.29, 1.82) is 0 Å². The first-order valence-electron chi connectivity index (χ1n) is 6.48. The maximum Gasteiger partial charge on any atom is 0.245 e. The van der Waals surface area contributed by atoms with Crippen LogP contribution in [0.5, 0.6) is 0 Å². The second-order valence-electron chi connectivity index (χ2n) is 5.25. The molecule has 2 aliphatic rings. The van der Waals surface area contributed by atoms with Gasteiger partial charge in [0.25, 0.3) is 0 Å². The van der Waals surface area contributed by atoms with E-state index in [-0.39, 0.29) is 6.54 Å². The fourth-order valence-corrected chi connectivity index (χ4v) is 2.90. The lowest BCUT2D eigenvalue weighted by Crippen LogP contribution is -2.51. The largest absolute Gasteiger partial charge is 0.381 e. The van der Waals surface area contributed by atoms with E-state index < -0.39 is 11.8 Å². The van der Waals surface area contributed by atoms with E-state index in [0.717, 1.165) is 39.1 Å². The summed E-state index contributed by atoms with van der Waals surface area (Å²) in [4.78, 5) is 2.35. The quantitative estimate of drug-likeness (QED) is 0.822. The average molecular weight is 248 g/mol. The lowest BCUT2D eigenvalue weighted by Gasteiger charge is -2.44. The highest BCUT2D eigenvalue weighted by Crippen LogP contribution is 2.37. The van der Waals surface area contributed by atoms with E-state index in [9.17, 15) is 8.78 Å². The minimum absolute atomic E-state index is 0.103. The molecule has 0 aromatic rings. The first-order chi connectivity index (χ1) is 8.18. The number of alkyl halides is 2. The Balaban J connectivity index is 1.88. The van der Waals surface area contributed by atoms with Crippen LogP contribution in [0, 0.1) is 5.41 Å². The second-order valence-corrected chi connectivity index (χ2v) is 5.25. The van der Waals surface area contributed by atoms with Crippen LogP contribution in [0.4, 0.5) is 8.78 Å². The minimum atomic E-state index is -2.29. The van der Waals surface area contributed by atoms with Crippen LogP contribution in [0.15, 0.2) is 0 Å². The van der Waals surface area contributed by atoms with E-state index in [4.69, 9.17) is 10.5 Å². The van der Waals surface area contributed by atoms with Crippen LogP contribution in [-0.2, 0) is 4.74 Å². The van der Waals surface area contributed by atoms with Crippen LogP contribution < -0.4 is 5.73 Å². The molecule has 0 bridgehead atoms. The Morgan fingerprint density at radius 1 is 1.24 bits per heavy atom. The van der Waals surface area contributed by atoms with Crippen molar-refractivity contribution in [3.63, 3.8) is 0 Å². The number of nitrogens with zero attached hydrogens (tertiary/aromatic N) is 1. The van der Waals surface area contributed by atoms with Gasteiger partial charge in [0.15, 0.2) is 0 Å². The van der Waals surface area contributed by atoms with Crippen molar-refractivity contribution in [1.82, 2.24) is 4.90 Å². The van der Waals surface area contributed by atoms with Gasteiger partial charge in [-0.15, -0.1) is 0 Å². The molecule has 3 nitrogen and oxygen atoms in total. The Morgan fingerprint density at radius 3 is 2.29 bits per heavy atom. The van der Waals surface area contributed by atoms with Gasteiger partial charge in [-0.2, -0.15) is 0 Å². The van der Waals surface area contributed by atoms with Crippen LogP contribution >= 0.6 is 0 Å². The summed E-state index contributed by atoms with van der Waals surface area (Å²) < 4.78 is 31.4. The number of ether oxygens (including phenoxy) is 1. The third-order valence-corrected chi connectivity index (χ3v) is 4.37. The zero-order valence-corrected chi connectivity index (χ0v) is 10.2. The standard InChI is InChI=1S/C12H22F2N2O/c13-11(14)12(9-15)3-5-16(6-4-12)10-1-7-17-8-2-10/h10-11H,1-9,15H2. The van der Waals surface area contributed by atoms with Gasteiger partial charge in [0, 0.05) is 31.2 Å². The zero-order chi connectivity index (χ0) is 12.3. The predicted molar refractivity (Wildman–Crippen MR) is 62.1 cm³/mol. The lowest BCUT2D eigenvalue weighted by atomic mass is 9.78. The molecule has 0 spiro atoms. The Bertz CT molecular complexity index is 237. The third-order valence-electron chi connectivity index (χ3n) is 4.37. The van der Waals surface area contributed by atoms with Crippen molar-refractivity contribution in [3.8, 4) is 0 Å². The molecule has 100 valence electrons. The van der Waals surface area contributed by atoms with Gasteiger partial charge in [-0.3, -0.25) is 0 Å². The molecule has 0 saturated carbocycles. The van der Waals surface area contributed by atoms with E-state index in [1.165, 1.54) is 0 Å². The smallest absolute Gasteiger partial charge is 0.245 e. The van der Waals surface area contributed by atoms with Crippen molar-refractivity contribution < 1.29 is 13.5 Å². The number of likely N-dealkylation sites (tertiary alicyclic amines) is 1. The maximum absolute atomic E-state index is 13.0. The number of halogens is 2. The van der Waals surface area contributed by atoms with Crippen LogP contribution in [0.3, 0.4) is 0 Å². The summed E-state index contributed by atoms with van der Waals surface area (Å²) in [7, 11) is 0. The Labute approximate surface area is 101 Å². The van der Waals surface area contributed by atoms with E-state index in [1.807, 2.05) is 0 Å². The first-order valence-corrected chi connectivity index (χ1v) is 6.48. The Hall–Kier alpha value is -0.260. The molecule has 2 rings (SSSR count). The van der Waals surface area contributed by atoms with Gasteiger partial charge in [0.1, 0.15) is 0 Å². The third kappa shape index (κ3) is 2.77. The van der Waals surface area contributed by atoms with Gasteiger partial charge in [0.05, 0.1) is 0 Å². The number of rotatable bonds is 3. The number of piperidine rings is 1. The molecule has 5 heteroatoms. The maximum atomic E-state index is 13.0. The van der Waals surface area contributed by atoms with Crippen LogP contribution in [0.2, 0.25) is 0 Å². The summed E-state index contributed by atoms with van der Waals surface area (Å²) in [6.07, 6.45) is 0.829. The van der Waals surface area contributed by atoms with Gasteiger partial charge in [-0.1, -0.05) is 0 Å². The monoisotopic (exact) mass is 248 g/mol. The number of hydrogen-bond acceptors (Lipinski definition) is 3. The van der Waals surface area contributed by atoms with Gasteiger partial charge < -0.3 is 15.4 Å². The molecule has 0 radical (unpaired) electrons. The molecule has 0 unspecified atom stereocenters. The van der Waals surface area contributed by atoms with Crippen LogP contribution in [0.1, 0.15) is 25.7 Å². The van der Waals surface area contributed by atoms with Crippen LogP contribution in [-0.4, -0.2) is 50.2 Å². The highest BCUT2D eigenvalue weighted by Gasteiger charge is 2.42. The van der Waals surface area contributed by atoms with Gasteiger partial charge >= 0.3 is 0 Å². The molecular formula is C12H22F2N2O. The van der Waals surface area contributed by atoms with E-state index in [1.54, 1.807) is 0 Å². The van der Waals surface area contributed by atoms with E-state index >= 15 is 0 Å². The Kier molecular flexibility index (Phi) is 4.33. The lowest BCUT2D eigenvalue weighted by molar-refractivity contribution is -0.0587. The van der Waals surface area contributed by atoms with Crippen LogP contribution in [0.25, 0.3) is 0 Å². The fourth-order valence-electron chi connectivity index (χ4n) is 2.90. The number of nitrogens with two attached hydrogens (primary N) is 1. The van der Waals surface area contributed by atoms with Crippen molar-refractivity contribution in [2.24, 2.45) is 11.1 Å². The summed E-state index contributed by atoms with van der Waals surface area (Å²) in [6.45, 7) is 3.22. The molecular weight excluding hydrogens is 226 g/mol. The molecule has 2 fully saturated rings. The predicted octanol–water partition coefficient (Wildman–Crippen LogP) is 1.47. The van der Waals surface area contributed by atoms with Gasteiger partial charge in [0.2, 0.25) is 6.43 Å². The summed E-state index contributed by atoms with van der Waals surface area (Å²) in [5, 5.41) is 0. The molecule has 17 heavy (non-hydrogen) atoms. The molecule has 2 aliphatic heterocycles. The SMILES string of the molecule is NCC1(C(F)F)CCN(C2CCOCC2)CC1. The summed E-state index contributed by atoms with van der Waals surface area (Å²) in [6, 6.07) is 0.525. The second kappa shape index (κ2) is 5.59. The number of hydrogen-bond donors (Lipinski definition) is 1. The molecule has 2 N–H and O–H groups in total. The van der Waals surface area contributed by atoms with E-state index in [0.29, 0.717) is 18.9 Å². The zero-order valence-electron chi connectivity index (χ0n) is 10.2. The highest BCUT2D eigenvalue weighted by atomic mass is 19.3. The normalized spacial score (nSPS) is 27.5.